The van der Waals surface area contributed by atoms with Crippen LogP contribution >= 0.6 is 22.9 Å². The van der Waals surface area contributed by atoms with E-state index in [4.69, 9.17) is 16.0 Å². The van der Waals surface area contributed by atoms with Gasteiger partial charge >= 0.3 is 0 Å². The highest BCUT2D eigenvalue weighted by Crippen LogP contribution is 2.27. The topological polar surface area (TPSA) is 55.1 Å². The molecule has 2 aromatic carbocycles. The number of rotatable bonds is 4. The predicted molar refractivity (Wildman–Crippen MR) is 105 cm³/mol. The molecule has 0 saturated heterocycles. The number of nitrogens with one attached hydrogen (secondary N) is 1. The number of nitrogens with zero attached hydrogens (tertiary/aromatic N) is 1. The van der Waals surface area contributed by atoms with Crippen molar-refractivity contribution < 1.29 is 9.21 Å². The van der Waals surface area contributed by atoms with Crippen LogP contribution < -0.4 is 5.32 Å². The minimum Gasteiger partial charge on any atom is -0.451 e. The van der Waals surface area contributed by atoms with Crippen molar-refractivity contribution in [3.8, 4) is 0 Å². The van der Waals surface area contributed by atoms with Crippen LogP contribution in [0.2, 0.25) is 5.02 Å². The molecule has 0 bridgehead atoms. The van der Waals surface area contributed by atoms with Crippen molar-refractivity contribution in [1.82, 2.24) is 4.98 Å². The van der Waals surface area contributed by atoms with Crippen molar-refractivity contribution in [3.63, 3.8) is 0 Å². The third-order valence-corrected chi connectivity index (χ3v) is 5.33. The Bertz CT molecular complexity index is 1090. The molecule has 0 atom stereocenters. The molecule has 2 aromatic heterocycles. The average Bonchev–Trinajstić information content (AvgIpc) is 3.19. The monoisotopic (exact) mass is 382 g/mol. The van der Waals surface area contributed by atoms with Gasteiger partial charge in [-0.05, 0) is 36.8 Å². The predicted octanol–water partition coefficient (Wildman–Crippen LogP) is 5.69. The molecule has 0 radical (unpaired) electrons. The van der Waals surface area contributed by atoms with E-state index < -0.39 is 0 Å². The fourth-order valence-electron chi connectivity index (χ4n) is 2.71. The van der Waals surface area contributed by atoms with Gasteiger partial charge in [0.05, 0.1) is 5.69 Å². The molecule has 0 aliphatic heterocycles. The summed E-state index contributed by atoms with van der Waals surface area (Å²) in [5.74, 6) is -0.0861. The Balaban J connectivity index is 1.53. The average molecular weight is 383 g/mol. The molecule has 1 amide bonds. The van der Waals surface area contributed by atoms with Gasteiger partial charge < -0.3 is 4.42 Å². The second-order valence-electron chi connectivity index (χ2n) is 5.94. The van der Waals surface area contributed by atoms with Crippen LogP contribution in [0, 0.1) is 6.92 Å². The molecule has 2 heterocycles. The van der Waals surface area contributed by atoms with E-state index in [1.165, 1.54) is 16.9 Å². The number of carbonyl (C=O) groups excluding carboxylic acids is 1. The molecule has 0 aliphatic rings. The van der Waals surface area contributed by atoms with Crippen molar-refractivity contribution in [2.45, 2.75) is 13.3 Å². The highest BCUT2D eigenvalue weighted by Gasteiger charge is 2.16. The number of hydrogen-bond donors (Lipinski definition) is 1. The lowest BCUT2D eigenvalue weighted by molar-refractivity contribution is 0.0998. The minimum absolute atomic E-state index is 0.236. The first kappa shape index (κ1) is 16.8. The van der Waals surface area contributed by atoms with E-state index >= 15 is 0 Å². The SMILES string of the molecule is Cc1nc(NC(=O)c2cc3cc(Cl)ccc3o2)sc1Cc1ccccc1. The number of aromatic nitrogens is 1. The van der Waals surface area contributed by atoms with Gasteiger partial charge in [-0.3, -0.25) is 10.1 Å². The summed E-state index contributed by atoms with van der Waals surface area (Å²) in [6.07, 6.45) is 0.795. The summed E-state index contributed by atoms with van der Waals surface area (Å²) in [6, 6.07) is 17.1. The normalized spacial score (nSPS) is 11.0. The number of halogens is 1. The van der Waals surface area contributed by atoms with Gasteiger partial charge in [0, 0.05) is 21.7 Å². The second-order valence-corrected chi connectivity index (χ2v) is 7.46. The number of fused-ring (bicyclic) bond motifs is 1. The van der Waals surface area contributed by atoms with Gasteiger partial charge in [-0.15, -0.1) is 11.3 Å². The number of thiazole rings is 1. The van der Waals surface area contributed by atoms with Crippen molar-refractivity contribution in [3.05, 3.63) is 81.5 Å². The fourth-order valence-corrected chi connectivity index (χ4v) is 3.88. The number of aryl methyl sites for hydroxylation is 1. The number of carbonyl (C=O) groups is 1. The molecule has 0 unspecified atom stereocenters. The second kappa shape index (κ2) is 6.94. The maximum Gasteiger partial charge on any atom is 0.293 e. The Morgan fingerprint density at radius 1 is 1.19 bits per heavy atom. The standard InChI is InChI=1S/C20H15ClN2O2S/c1-12-18(9-13-5-3-2-4-6-13)26-20(22-12)23-19(24)17-11-14-10-15(21)7-8-16(14)25-17/h2-8,10-11H,9H2,1H3,(H,22,23,24). The lowest BCUT2D eigenvalue weighted by Crippen LogP contribution is -2.10. The Hall–Kier alpha value is -2.63. The zero-order valence-corrected chi connectivity index (χ0v) is 15.5. The number of hydrogen-bond acceptors (Lipinski definition) is 4. The van der Waals surface area contributed by atoms with Crippen LogP contribution in [-0.2, 0) is 6.42 Å². The van der Waals surface area contributed by atoms with Gasteiger partial charge in [-0.25, -0.2) is 4.98 Å². The zero-order chi connectivity index (χ0) is 18.1. The molecule has 4 aromatic rings. The lowest BCUT2D eigenvalue weighted by Gasteiger charge is -1.98. The molecular formula is C20H15ClN2O2S. The number of anilines is 1. The Labute approximate surface area is 159 Å². The van der Waals surface area contributed by atoms with Crippen LogP contribution in [0.1, 0.15) is 26.7 Å². The van der Waals surface area contributed by atoms with Gasteiger partial charge in [0.25, 0.3) is 5.91 Å². The quantitative estimate of drug-likeness (QED) is 0.493. The minimum atomic E-state index is -0.322. The molecule has 0 spiro atoms. The highest BCUT2D eigenvalue weighted by atomic mass is 35.5. The van der Waals surface area contributed by atoms with Gasteiger partial charge in [0.2, 0.25) is 0 Å². The molecule has 0 fully saturated rings. The van der Waals surface area contributed by atoms with Crippen LogP contribution in [0.25, 0.3) is 11.0 Å². The van der Waals surface area contributed by atoms with Crippen LogP contribution in [0.15, 0.2) is 59.0 Å². The number of furan rings is 1. The molecular weight excluding hydrogens is 368 g/mol. The summed E-state index contributed by atoms with van der Waals surface area (Å²) < 4.78 is 5.60. The number of benzene rings is 2. The van der Waals surface area contributed by atoms with Crippen LogP contribution in [-0.4, -0.2) is 10.9 Å². The zero-order valence-electron chi connectivity index (χ0n) is 14.0. The summed E-state index contributed by atoms with van der Waals surface area (Å²) in [5.41, 5.74) is 2.76. The molecule has 4 nitrogen and oxygen atoms in total. The lowest BCUT2D eigenvalue weighted by atomic mass is 10.1. The highest BCUT2D eigenvalue weighted by molar-refractivity contribution is 7.15. The first-order chi connectivity index (χ1) is 12.6. The Morgan fingerprint density at radius 3 is 2.81 bits per heavy atom. The summed E-state index contributed by atoms with van der Waals surface area (Å²) in [6.45, 7) is 1.95. The van der Waals surface area contributed by atoms with Crippen LogP contribution in [0.3, 0.4) is 0 Å². The Kier molecular flexibility index (Phi) is 4.49. The van der Waals surface area contributed by atoms with E-state index in [0.717, 1.165) is 22.4 Å². The molecule has 4 rings (SSSR count). The van der Waals surface area contributed by atoms with Crippen LogP contribution in [0.5, 0.6) is 0 Å². The van der Waals surface area contributed by atoms with Crippen LogP contribution in [0.4, 0.5) is 5.13 Å². The molecule has 6 heteroatoms. The molecule has 0 aliphatic carbocycles. The van der Waals surface area contributed by atoms with E-state index in [9.17, 15) is 4.79 Å². The summed E-state index contributed by atoms with van der Waals surface area (Å²) in [4.78, 5) is 18.1. The summed E-state index contributed by atoms with van der Waals surface area (Å²) in [7, 11) is 0. The van der Waals surface area contributed by atoms with Crippen molar-refractivity contribution in [1.29, 1.82) is 0 Å². The third kappa shape index (κ3) is 3.49. The van der Waals surface area contributed by atoms with Crippen molar-refractivity contribution >= 4 is 44.9 Å². The van der Waals surface area contributed by atoms with Gasteiger partial charge in [0.15, 0.2) is 10.9 Å². The molecule has 0 saturated carbocycles. The van der Waals surface area contributed by atoms with Crippen molar-refractivity contribution in [2.24, 2.45) is 0 Å². The molecule has 130 valence electrons. The summed E-state index contributed by atoms with van der Waals surface area (Å²) >= 11 is 7.45. The Morgan fingerprint density at radius 2 is 2.00 bits per heavy atom. The van der Waals surface area contributed by atoms with Gasteiger partial charge in [-0.2, -0.15) is 0 Å². The van der Waals surface area contributed by atoms with Gasteiger partial charge in [0.1, 0.15) is 5.58 Å². The third-order valence-electron chi connectivity index (χ3n) is 4.02. The maximum absolute atomic E-state index is 12.5. The molecule has 1 N–H and O–H groups in total. The largest absolute Gasteiger partial charge is 0.451 e. The summed E-state index contributed by atoms with van der Waals surface area (Å²) in [5, 5.41) is 4.79. The van der Waals surface area contributed by atoms with E-state index in [-0.39, 0.29) is 11.7 Å². The van der Waals surface area contributed by atoms with E-state index in [1.54, 1.807) is 24.3 Å². The van der Waals surface area contributed by atoms with E-state index in [1.807, 2.05) is 25.1 Å². The van der Waals surface area contributed by atoms with E-state index in [0.29, 0.717) is 15.7 Å². The van der Waals surface area contributed by atoms with E-state index in [2.05, 4.69) is 22.4 Å². The van der Waals surface area contributed by atoms with Crippen molar-refractivity contribution in [2.75, 3.05) is 5.32 Å². The molecule has 26 heavy (non-hydrogen) atoms. The smallest absolute Gasteiger partial charge is 0.293 e. The first-order valence-corrected chi connectivity index (χ1v) is 9.28. The number of amides is 1. The maximum atomic E-state index is 12.5. The first-order valence-electron chi connectivity index (χ1n) is 8.09. The fraction of sp³-hybridized carbons (Fsp3) is 0.100. The van der Waals surface area contributed by atoms with Gasteiger partial charge in [-0.1, -0.05) is 41.9 Å².